The molecule has 6 atom stereocenters. The first-order chi connectivity index (χ1) is 17.3. The lowest BCUT2D eigenvalue weighted by atomic mass is 9.63. The van der Waals surface area contributed by atoms with Gasteiger partial charge in [-0.2, -0.15) is 21.6 Å². The number of alkyl halides is 3. The van der Waals surface area contributed by atoms with Crippen LogP contribution in [0, 0.1) is 47.3 Å². The summed E-state index contributed by atoms with van der Waals surface area (Å²) in [5.41, 5.74) is -3.70. The van der Waals surface area contributed by atoms with Gasteiger partial charge in [-0.05, 0) is 101 Å². The van der Waals surface area contributed by atoms with E-state index < -0.39 is 21.2 Å². The minimum Gasteiger partial charge on any atom is -0.390 e. The molecule has 1 N–H and O–H groups in total. The van der Waals surface area contributed by atoms with Gasteiger partial charge in [0.05, 0.1) is 5.60 Å². The Hall–Kier alpha value is -1.46. The van der Waals surface area contributed by atoms with Crippen molar-refractivity contribution in [1.82, 2.24) is 0 Å². The highest BCUT2D eigenvalue weighted by atomic mass is 32.2. The number of fused-ring (bicyclic) bond motifs is 1. The molecule has 0 saturated heterocycles. The molecule has 0 aromatic carbocycles. The minimum atomic E-state index is -5.63. The molecule has 3 aliphatic carbocycles. The molecule has 0 aromatic heterocycles. The molecular formula is C30H47F3O4S. The van der Waals surface area contributed by atoms with Crippen LogP contribution in [0.25, 0.3) is 0 Å². The van der Waals surface area contributed by atoms with Gasteiger partial charge in [0.25, 0.3) is 0 Å². The highest BCUT2D eigenvalue weighted by Gasteiger charge is 2.54. The highest BCUT2D eigenvalue weighted by Crippen LogP contribution is 2.59. The Morgan fingerprint density at radius 2 is 1.89 bits per heavy atom. The lowest BCUT2D eigenvalue weighted by Gasteiger charge is -2.42. The second kappa shape index (κ2) is 12.4. The third-order valence-electron chi connectivity index (χ3n) is 9.10. The first-order valence-electron chi connectivity index (χ1n) is 13.9. The van der Waals surface area contributed by atoms with Crippen LogP contribution in [0.4, 0.5) is 13.2 Å². The summed E-state index contributed by atoms with van der Waals surface area (Å²) >= 11 is 0. The Balaban J connectivity index is 0.000000384. The molecule has 0 aromatic rings. The summed E-state index contributed by atoms with van der Waals surface area (Å²) < 4.78 is 65.6. The van der Waals surface area contributed by atoms with E-state index in [2.05, 4.69) is 44.7 Å². The standard InChI is InChI=1S/C19H31F3O4S.C11H16/c1-13(7-5-11-17(2,3)23)14-9-10-15-16(8-6-12-18(14,15)4)26-27(24,25)19(20,21)22;1-5-11-7-8(2)6-9(3)10(11)4/h8,13-15,23H,5-7,9-12H2,1-4H3;1,8-9H,6-7H2,2-4H3/t13-,14-,15?,18-;8-,9-/m10/s1. The van der Waals surface area contributed by atoms with E-state index in [1.165, 1.54) is 23.6 Å². The van der Waals surface area contributed by atoms with Gasteiger partial charge >= 0.3 is 15.6 Å². The van der Waals surface area contributed by atoms with Crippen LogP contribution in [-0.4, -0.2) is 24.6 Å². The quantitative estimate of drug-likeness (QED) is 0.194. The molecule has 0 radical (unpaired) electrons. The topological polar surface area (TPSA) is 63.6 Å². The molecule has 0 bridgehead atoms. The van der Waals surface area contributed by atoms with Gasteiger partial charge in [-0.15, -0.1) is 6.42 Å². The summed E-state index contributed by atoms with van der Waals surface area (Å²) in [5.74, 6) is 4.58. The number of halogens is 3. The molecule has 0 aliphatic heterocycles. The van der Waals surface area contributed by atoms with Crippen molar-refractivity contribution in [2.24, 2.45) is 35.0 Å². The van der Waals surface area contributed by atoms with Crippen molar-refractivity contribution in [1.29, 1.82) is 0 Å². The smallest absolute Gasteiger partial charge is 0.390 e. The van der Waals surface area contributed by atoms with E-state index in [1.807, 2.05) is 0 Å². The molecule has 3 aliphatic rings. The lowest BCUT2D eigenvalue weighted by Crippen LogP contribution is -2.37. The molecule has 38 heavy (non-hydrogen) atoms. The normalized spacial score (nSPS) is 30.9. The third-order valence-corrected chi connectivity index (χ3v) is 10.1. The average molecular weight is 561 g/mol. The Bertz CT molecular complexity index is 1030. The van der Waals surface area contributed by atoms with Crippen LogP contribution in [-0.2, 0) is 14.3 Å². The van der Waals surface area contributed by atoms with Gasteiger partial charge in [0, 0.05) is 11.5 Å². The van der Waals surface area contributed by atoms with Crippen LogP contribution in [0.5, 0.6) is 0 Å². The number of hydrogen-bond acceptors (Lipinski definition) is 4. The van der Waals surface area contributed by atoms with E-state index in [0.717, 1.165) is 38.0 Å². The van der Waals surface area contributed by atoms with Gasteiger partial charge in [0.15, 0.2) is 0 Å². The Labute approximate surface area is 228 Å². The predicted molar refractivity (Wildman–Crippen MR) is 146 cm³/mol. The fraction of sp³-hybridized carbons (Fsp3) is 0.800. The SMILES string of the molecule is C#CC1=C(C)[C@@H](C)C[C@H](C)C1.C[C@H](CCCC(C)(C)O)[C@H]1CCC2C(OS(=O)(=O)C(F)(F)F)=CCC[C@@]21C. The largest absolute Gasteiger partial charge is 0.534 e. The minimum absolute atomic E-state index is 0.0349. The van der Waals surface area contributed by atoms with Gasteiger partial charge in [-0.25, -0.2) is 0 Å². The molecule has 8 heteroatoms. The van der Waals surface area contributed by atoms with Gasteiger partial charge < -0.3 is 9.29 Å². The van der Waals surface area contributed by atoms with E-state index in [9.17, 15) is 26.7 Å². The van der Waals surface area contributed by atoms with Crippen molar-refractivity contribution in [3.05, 3.63) is 23.0 Å². The monoisotopic (exact) mass is 560 g/mol. The Morgan fingerprint density at radius 1 is 1.26 bits per heavy atom. The molecule has 0 spiro atoms. The van der Waals surface area contributed by atoms with Crippen LogP contribution >= 0.6 is 0 Å². The maximum atomic E-state index is 12.7. The van der Waals surface area contributed by atoms with Crippen molar-refractivity contribution in [3.8, 4) is 12.3 Å². The number of terminal acetylenes is 1. The van der Waals surface area contributed by atoms with Crippen molar-refractivity contribution in [3.63, 3.8) is 0 Å². The van der Waals surface area contributed by atoms with E-state index in [0.29, 0.717) is 37.0 Å². The van der Waals surface area contributed by atoms with Crippen molar-refractivity contribution >= 4 is 10.1 Å². The summed E-state index contributed by atoms with van der Waals surface area (Å²) in [6.07, 6.45) is 14.7. The molecule has 3 rings (SSSR count). The fourth-order valence-electron chi connectivity index (χ4n) is 6.86. The number of allylic oxidation sites excluding steroid dienone is 4. The van der Waals surface area contributed by atoms with Gasteiger partial charge in [0.2, 0.25) is 0 Å². The van der Waals surface area contributed by atoms with Crippen LogP contribution in [0.3, 0.4) is 0 Å². The Morgan fingerprint density at radius 3 is 2.45 bits per heavy atom. The fourth-order valence-corrected chi connectivity index (χ4v) is 7.39. The van der Waals surface area contributed by atoms with Crippen molar-refractivity contribution < 1.29 is 30.9 Å². The molecule has 4 nitrogen and oxygen atoms in total. The predicted octanol–water partition coefficient (Wildman–Crippen LogP) is 8.14. The summed E-state index contributed by atoms with van der Waals surface area (Å²) in [6, 6.07) is 0. The molecule has 218 valence electrons. The van der Waals surface area contributed by atoms with E-state index in [4.69, 9.17) is 6.42 Å². The Kier molecular flexibility index (Phi) is 10.7. The molecular weight excluding hydrogens is 513 g/mol. The zero-order chi connectivity index (χ0) is 29.1. The first-order valence-corrected chi connectivity index (χ1v) is 15.3. The zero-order valence-electron chi connectivity index (χ0n) is 24.1. The van der Waals surface area contributed by atoms with E-state index in [-0.39, 0.29) is 17.1 Å². The maximum absolute atomic E-state index is 12.7. The van der Waals surface area contributed by atoms with Gasteiger partial charge in [-0.1, -0.05) is 52.0 Å². The van der Waals surface area contributed by atoms with Crippen LogP contribution in [0.2, 0.25) is 0 Å². The van der Waals surface area contributed by atoms with Crippen molar-refractivity contribution in [2.45, 2.75) is 117 Å². The second-order valence-corrected chi connectivity index (χ2v) is 14.3. The summed E-state index contributed by atoms with van der Waals surface area (Å²) in [4.78, 5) is 0. The average Bonchev–Trinajstić information content (AvgIpc) is 3.13. The third kappa shape index (κ3) is 8.03. The van der Waals surface area contributed by atoms with Crippen molar-refractivity contribution in [2.75, 3.05) is 0 Å². The molecule has 1 unspecified atom stereocenters. The highest BCUT2D eigenvalue weighted by molar-refractivity contribution is 7.87. The second-order valence-electron chi connectivity index (χ2n) is 12.8. The van der Waals surface area contributed by atoms with E-state index >= 15 is 0 Å². The zero-order valence-corrected chi connectivity index (χ0v) is 24.9. The van der Waals surface area contributed by atoms with Crippen LogP contribution in [0.1, 0.15) is 106 Å². The molecule has 1 fully saturated rings. The summed E-state index contributed by atoms with van der Waals surface area (Å²) in [6.45, 7) is 14.5. The van der Waals surface area contributed by atoms with Crippen LogP contribution in [0.15, 0.2) is 23.0 Å². The summed E-state index contributed by atoms with van der Waals surface area (Å²) in [5, 5.41) is 9.87. The number of rotatable bonds is 7. The lowest BCUT2D eigenvalue weighted by molar-refractivity contribution is -0.0536. The molecule has 0 amide bonds. The summed E-state index contributed by atoms with van der Waals surface area (Å²) in [7, 11) is -5.63. The molecule has 1 saturated carbocycles. The number of aliphatic hydroxyl groups is 1. The maximum Gasteiger partial charge on any atom is 0.534 e. The number of hydrogen-bond donors (Lipinski definition) is 1. The van der Waals surface area contributed by atoms with E-state index in [1.54, 1.807) is 13.8 Å². The first kappa shape index (κ1) is 32.8. The molecule has 0 heterocycles. The van der Waals surface area contributed by atoms with Gasteiger partial charge in [0.1, 0.15) is 5.76 Å². The van der Waals surface area contributed by atoms with Crippen LogP contribution < -0.4 is 0 Å². The van der Waals surface area contributed by atoms with Gasteiger partial charge in [-0.3, -0.25) is 0 Å².